The summed E-state index contributed by atoms with van der Waals surface area (Å²) in [4.78, 5) is 16.6. The lowest BCUT2D eigenvalue weighted by Crippen LogP contribution is -2.31. The van der Waals surface area contributed by atoms with E-state index in [2.05, 4.69) is 19.6 Å². The number of hydrogen-bond donors (Lipinski definition) is 1. The van der Waals surface area contributed by atoms with Gasteiger partial charge in [0.2, 0.25) is 0 Å². The number of rotatable bonds is 2. The van der Waals surface area contributed by atoms with Crippen molar-refractivity contribution in [3.63, 3.8) is 0 Å². The molecule has 1 N–H and O–H groups in total. The van der Waals surface area contributed by atoms with E-state index in [9.17, 15) is 4.79 Å². The molecular formula is C9H13N3O3. The van der Waals surface area contributed by atoms with E-state index >= 15 is 0 Å². The minimum atomic E-state index is -1.17. The second kappa shape index (κ2) is 3.98. The fraction of sp³-hybridized carbons (Fsp3) is 0.667. The topological polar surface area (TPSA) is 79.5 Å². The first-order valence-corrected chi connectivity index (χ1v) is 4.92. The Morgan fingerprint density at radius 3 is 3.07 bits per heavy atom. The Bertz CT molecular complexity index is 363. The molecule has 6 nitrogen and oxygen atoms in total. The van der Waals surface area contributed by atoms with E-state index in [0.717, 1.165) is 25.9 Å². The molecule has 1 aliphatic heterocycles. The standard InChI is InChI=1S/C9H13N3O3/c1-12-4-2-3-6(5-12)7-10-8(9(13)14)15-11-7/h6H,2-5H2,1H3,(H,13,14). The van der Waals surface area contributed by atoms with Crippen molar-refractivity contribution < 1.29 is 14.4 Å². The first kappa shape index (κ1) is 10.1. The van der Waals surface area contributed by atoms with E-state index in [1.165, 1.54) is 0 Å². The average molecular weight is 211 g/mol. The molecule has 0 bridgehead atoms. The summed E-state index contributed by atoms with van der Waals surface area (Å²) in [7, 11) is 2.03. The second-order valence-electron chi connectivity index (χ2n) is 3.86. The molecule has 1 atom stereocenters. The zero-order valence-corrected chi connectivity index (χ0v) is 8.51. The van der Waals surface area contributed by atoms with E-state index in [1.807, 2.05) is 7.05 Å². The van der Waals surface area contributed by atoms with E-state index in [-0.39, 0.29) is 11.8 Å². The van der Waals surface area contributed by atoms with Crippen LogP contribution in [0.5, 0.6) is 0 Å². The predicted molar refractivity (Wildman–Crippen MR) is 50.7 cm³/mol. The fourth-order valence-corrected chi connectivity index (χ4v) is 1.86. The molecule has 1 saturated heterocycles. The maximum atomic E-state index is 10.6. The number of piperidine rings is 1. The summed E-state index contributed by atoms with van der Waals surface area (Å²) in [5.74, 6) is -0.782. The van der Waals surface area contributed by atoms with Crippen molar-refractivity contribution in [1.82, 2.24) is 15.0 Å². The van der Waals surface area contributed by atoms with Crippen LogP contribution in [0.2, 0.25) is 0 Å². The van der Waals surface area contributed by atoms with Crippen LogP contribution in [0, 0.1) is 0 Å². The number of nitrogens with zero attached hydrogens (tertiary/aromatic N) is 3. The van der Waals surface area contributed by atoms with E-state index < -0.39 is 5.97 Å². The van der Waals surface area contributed by atoms with Crippen molar-refractivity contribution in [2.45, 2.75) is 18.8 Å². The Balaban J connectivity index is 2.11. The Hall–Kier alpha value is -1.43. The van der Waals surface area contributed by atoms with Crippen LogP contribution < -0.4 is 0 Å². The van der Waals surface area contributed by atoms with Crippen molar-refractivity contribution in [1.29, 1.82) is 0 Å². The minimum absolute atomic E-state index is 0.195. The van der Waals surface area contributed by atoms with Gasteiger partial charge in [0.05, 0.1) is 0 Å². The Labute approximate surface area is 86.9 Å². The third-order valence-corrected chi connectivity index (χ3v) is 2.61. The molecule has 0 saturated carbocycles. The maximum absolute atomic E-state index is 10.6. The van der Waals surface area contributed by atoms with Crippen molar-refractivity contribution in [2.24, 2.45) is 0 Å². The van der Waals surface area contributed by atoms with Crippen molar-refractivity contribution >= 4 is 5.97 Å². The molecule has 1 fully saturated rings. The van der Waals surface area contributed by atoms with Gasteiger partial charge in [0.25, 0.3) is 0 Å². The molecule has 1 unspecified atom stereocenters. The molecule has 2 heterocycles. The van der Waals surface area contributed by atoms with Gasteiger partial charge in [-0.3, -0.25) is 0 Å². The van der Waals surface area contributed by atoms with Gasteiger partial charge >= 0.3 is 11.9 Å². The van der Waals surface area contributed by atoms with Gasteiger partial charge in [-0.15, -0.1) is 0 Å². The van der Waals surface area contributed by atoms with E-state index in [0.29, 0.717) is 5.82 Å². The highest BCUT2D eigenvalue weighted by Gasteiger charge is 2.24. The number of aromatic nitrogens is 2. The zero-order valence-electron chi connectivity index (χ0n) is 8.51. The highest BCUT2D eigenvalue weighted by Crippen LogP contribution is 2.23. The summed E-state index contributed by atoms with van der Waals surface area (Å²) in [6.07, 6.45) is 2.07. The van der Waals surface area contributed by atoms with Gasteiger partial charge in [0.1, 0.15) is 0 Å². The molecule has 6 heteroatoms. The zero-order chi connectivity index (χ0) is 10.8. The largest absolute Gasteiger partial charge is 0.474 e. The molecule has 2 rings (SSSR count). The van der Waals surface area contributed by atoms with Gasteiger partial charge in [-0.1, -0.05) is 5.16 Å². The highest BCUT2D eigenvalue weighted by atomic mass is 16.5. The first-order chi connectivity index (χ1) is 7.16. The van der Waals surface area contributed by atoms with Crippen LogP contribution in [0.4, 0.5) is 0 Å². The molecule has 1 aromatic heterocycles. The van der Waals surface area contributed by atoms with Gasteiger partial charge < -0.3 is 14.5 Å². The van der Waals surface area contributed by atoms with Crippen molar-refractivity contribution in [3.8, 4) is 0 Å². The molecule has 0 radical (unpaired) electrons. The predicted octanol–water partition coefficient (Wildman–Crippen LogP) is 0.577. The lowest BCUT2D eigenvalue weighted by molar-refractivity contribution is 0.0643. The van der Waals surface area contributed by atoms with Crippen LogP contribution in [0.3, 0.4) is 0 Å². The lowest BCUT2D eigenvalue weighted by Gasteiger charge is -2.27. The first-order valence-electron chi connectivity index (χ1n) is 4.92. The summed E-state index contributed by atoms with van der Waals surface area (Å²) in [5.41, 5.74) is 0. The number of carbonyl (C=O) groups is 1. The van der Waals surface area contributed by atoms with Gasteiger partial charge in [-0.2, -0.15) is 4.98 Å². The number of likely N-dealkylation sites (tertiary alicyclic amines) is 1. The minimum Gasteiger partial charge on any atom is -0.474 e. The van der Waals surface area contributed by atoms with E-state index in [1.54, 1.807) is 0 Å². The molecule has 1 aromatic rings. The van der Waals surface area contributed by atoms with Gasteiger partial charge in [-0.25, -0.2) is 4.79 Å². The van der Waals surface area contributed by atoms with E-state index in [4.69, 9.17) is 5.11 Å². The third kappa shape index (κ3) is 2.15. The summed E-state index contributed by atoms with van der Waals surface area (Å²) < 4.78 is 4.64. The summed E-state index contributed by atoms with van der Waals surface area (Å²) in [6.45, 7) is 1.93. The Kier molecular flexibility index (Phi) is 2.68. The number of hydrogen-bond acceptors (Lipinski definition) is 5. The molecule has 0 aromatic carbocycles. The molecule has 15 heavy (non-hydrogen) atoms. The fourth-order valence-electron chi connectivity index (χ4n) is 1.86. The molecule has 82 valence electrons. The molecule has 1 aliphatic rings. The average Bonchev–Trinajstić information content (AvgIpc) is 2.66. The van der Waals surface area contributed by atoms with Gasteiger partial charge in [0.15, 0.2) is 5.82 Å². The lowest BCUT2D eigenvalue weighted by atomic mass is 9.98. The molecule has 0 spiro atoms. The van der Waals surface area contributed by atoms with Crippen LogP contribution in [0.15, 0.2) is 4.52 Å². The number of carboxylic acid groups (broad SMARTS) is 1. The highest BCUT2D eigenvalue weighted by molar-refractivity contribution is 5.81. The number of likely N-dealkylation sites (N-methyl/N-ethyl adjacent to an activating group) is 1. The van der Waals surface area contributed by atoms with Crippen LogP contribution in [-0.2, 0) is 0 Å². The van der Waals surface area contributed by atoms with Crippen LogP contribution in [0.25, 0.3) is 0 Å². The van der Waals surface area contributed by atoms with Crippen LogP contribution in [0.1, 0.15) is 35.3 Å². The normalized spacial score (nSPS) is 22.9. The summed E-state index contributed by atoms with van der Waals surface area (Å²) >= 11 is 0. The SMILES string of the molecule is CN1CCCC(c2noc(C(=O)O)n2)C1. The number of carboxylic acids is 1. The van der Waals surface area contributed by atoms with Crippen LogP contribution in [-0.4, -0.2) is 46.3 Å². The molecule has 0 amide bonds. The maximum Gasteiger partial charge on any atom is 0.394 e. The number of aromatic carboxylic acids is 1. The summed E-state index contributed by atoms with van der Waals surface area (Å²) in [6, 6.07) is 0. The van der Waals surface area contributed by atoms with Gasteiger partial charge in [-0.05, 0) is 26.4 Å². The second-order valence-corrected chi connectivity index (χ2v) is 3.86. The van der Waals surface area contributed by atoms with Crippen molar-refractivity contribution in [3.05, 3.63) is 11.7 Å². The molecule has 0 aliphatic carbocycles. The monoisotopic (exact) mass is 211 g/mol. The Morgan fingerprint density at radius 1 is 1.67 bits per heavy atom. The Morgan fingerprint density at radius 2 is 2.47 bits per heavy atom. The van der Waals surface area contributed by atoms with Gasteiger partial charge in [0, 0.05) is 12.5 Å². The summed E-state index contributed by atoms with van der Waals surface area (Å²) in [5, 5.41) is 12.3. The third-order valence-electron chi connectivity index (χ3n) is 2.61. The van der Waals surface area contributed by atoms with Crippen molar-refractivity contribution in [2.75, 3.05) is 20.1 Å². The quantitative estimate of drug-likeness (QED) is 0.770. The van der Waals surface area contributed by atoms with Crippen LogP contribution >= 0.6 is 0 Å². The smallest absolute Gasteiger partial charge is 0.394 e. The molecular weight excluding hydrogens is 198 g/mol.